The fraction of sp³-hybridized carbons (Fsp3) is 0.667. The molecule has 0 spiro atoms. The highest BCUT2D eigenvalue weighted by Gasteiger charge is 2.45. The fourth-order valence-corrected chi connectivity index (χ4v) is 4.65. The number of phenols is 1. The highest BCUT2D eigenvalue weighted by molar-refractivity contribution is 5.55. The van der Waals surface area contributed by atoms with Gasteiger partial charge in [-0.1, -0.05) is 50.7 Å². The van der Waals surface area contributed by atoms with E-state index in [2.05, 4.69) is 33.8 Å². The molecule has 0 amide bonds. The molecule has 0 aromatic heterocycles. The van der Waals surface area contributed by atoms with Gasteiger partial charge in [0.2, 0.25) is 0 Å². The minimum absolute atomic E-state index is 0.227. The number of phenolic OH excluding ortho intramolecular Hbond substituents is 1. The van der Waals surface area contributed by atoms with Crippen LogP contribution in [0, 0.1) is 5.92 Å². The largest absolute Gasteiger partial charge is 0.507 e. The van der Waals surface area contributed by atoms with Crippen molar-refractivity contribution in [1.82, 2.24) is 0 Å². The first-order chi connectivity index (χ1) is 12.9. The van der Waals surface area contributed by atoms with Gasteiger partial charge in [0.1, 0.15) is 22.8 Å². The zero-order valence-electron chi connectivity index (χ0n) is 17.5. The first-order valence-corrected chi connectivity index (χ1v) is 10.8. The second-order valence-electron chi connectivity index (χ2n) is 8.86. The number of benzene rings is 1. The fourth-order valence-electron chi connectivity index (χ4n) is 4.65. The van der Waals surface area contributed by atoms with Gasteiger partial charge in [-0.3, -0.25) is 0 Å². The molecule has 0 radical (unpaired) electrons. The molecule has 3 rings (SSSR count). The average molecular weight is 373 g/mol. The van der Waals surface area contributed by atoms with Crippen LogP contribution in [0.15, 0.2) is 23.8 Å². The Balaban J connectivity index is 1.69. The van der Waals surface area contributed by atoms with E-state index in [1.165, 1.54) is 37.7 Å². The lowest BCUT2D eigenvalue weighted by Gasteiger charge is -2.46. The molecule has 2 unspecified atom stereocenters. The summed E-state index contributed by atoms with van der Waals surface area (Å²) < 4.78 is 12.3. The van der Waals surface area contributed by atoms with E-state index < -0.39 is 0 Å². The summed E-state index contributed by atoms with van der Waals surface area (Å²) in [4.78, 5) is 0. The molecule has 1 heterocycles. The lowest BCUT2D eigenvalue weighted by atomic mass is 9.68. The molecule has 1 aliphatic heterocycles. The summed E-state index contributed by atoms with van der Waals surface area (Å²) in [5.41, 5.74) is 2.10. The molecular formula is C24H36O3. The summed E-state index contributed by atoms with van der Waals surface area (Å²) >= 11 is 0. The molecule has 27 heavy (non-hydrogen) atoms. The third-order valence-electron chi connectivity index (χ3n) is 6.21. The quantitative estimate of drug-likeness (QED) is 0.405. The lowest BCUT2D eigenvalue weighted by Crippen LogP contribution is -2.45. The van der Waals surface area contributed by atoms with E-state index in [-0.39, 0.29) is 11.5 Å². The number of allylic oxidation sites excluding steroid dienone is 2. The molecule has 0 bridgehead atoms. The third kappa shape index (κ3) is 4.62. The Kier molecular flexibility index (Phi) is 6.39. The van der Waals surface area contributed by atoms with Gasteiger partial charge in [0.25, 0.3) is 0 Å². The Bertz CT molecular complexity index is 674. The van der Waals surface area contributed by atoms with Crippen molar-refractivity contribution in [3.63, 3.8) is 0 Å². The van der Waals surface area contributed by atoms with Crippen LogP contribution in [0.3, 0.4) is 0 Å². The van der Waals surface area contributed by atoms with Crippen molar-refractivity contribution in [3.8, 4) is 17.2 Å². The Morgan fingerprint density at radius 2 is 1.89 bits per heavy atom. The van der Waals surface area contributed by atoms with Crippen LogP contribution < -0.4 is 9.47 Å². The predicted octanol–water partition coefficient (Wildman–Crippen LogP) is 6.74. The van der Waals surface area contributed by atoms with E-state index in [1.54, 1.807) is 6.07 Å². The summed E-state index contributed by atoms with van der Waals surface area (Å²) in [7, 11) is 0. The number of fused-ring (bicyclic) bond motifs is 3. The summed E-state index contributed by atoms with van der Waals surface area (Å²) in [6.07, 6.45) is 12.0. The monoisotopic (exact) mass is 372 g/mol. The summed E-state index contributed by atoms with van der Waals surface area (Å²) in [5, 5.41) is 10.7. The van der Waals surface area contributed by atoms with Gasteiger partial charge in [0, 0.05) is 29.5 Å². The number of rotatable bonds is 8. The minimum atomic E-state index is -0.237. The third-order valence-corrected chi connectivity index (χ3v) is 6.21. The number of unbranched alkanes of at least 4 members (excludes halogenated alkanes) is 5. The van der Waals surface area contributed by atoms with Crippen LogP contribution in [0.2, 0.25) is 0 Å². The second-order valence-corrected chi connectivity index (χ2v) is 8.86. The smallest absolute Gasteiger partial charge is 0.131 e. The SMILES string of the molecule is CCCCCCCCOc1cc(O)c2c(c1)OC(C)(C)C1CCC(C)=CC21. The number of hydrogen-bond acceptors (Lipinski definition) is 3. The van der Waals surface area contributed by atoms with Crippen molar-refractivity contribution in [2.45, 2.75) is 90.6 Å². The molecule has 0 fully saturated rings. The van der Waals surface area contributed by atoms with E-state index in [9.17, 15) is 5.11 Å². The van der Waals surface area contributed by atoms with E-state index in [0.717, 1.165) is 30.6 Å². The Hall–Kier alpha value is -1.64. The molecule has 1 aliphatic carbocycles. The Labute approximate surface area is 164 Å². The van der Waals surface area contributed by atoms with Crippen LogP contribution in [0.25, 0.3) is 0 Å². The average Bonchev–Trinajstić information content (AvgIpc) is 2.59. The van der Waals surface area contributed by atoms with E-state index in [1.807, 2.05) is 6.07 Å². The number of aromatic hydroxyl groups is 1. The van der Waals surface area contributed by atoms with Crippen LogP contribution in [0.4, 0.5) is 0 Å². The van der Waals surface area contributed by atoms with Gasteiger partial charge in [-0.2, -0.15) is 0 Å². The van der Waals surface area contributed by atoms with E-state index in [0.29, 0.717) is 24.0 Å². The van der Waals surface area contributed by atoms with E-state index >= 15 is 0 Å². The first-order valence-electron chi connectivity index (χ1n) is 10.8. The van der Waals surface area contributed by atoms with Crippen LogP contribution in [-0.4, -0.2) is 17.3 Å². The Morgan fingerprint density at radius 1 is 1.15 bits per heavy atom. The van der Waals surface area contributed by atoms with Gasteiger partial charge in [-0.05, 0) is 40.0 Å². The molecule has 3 nitrogen and oxygen atoms in total. The molecule has 2 aliphatic rings. The van der Waals surface area contributed by atoms with Crippen LogP contribution >= 0.6 is 0 Å². The van der Waals surface area contributed by atoms with Crippen LogP contribution in [-0.2, 0) is 0 Å². The Morgan fingerprint density at radius 3 is 2.67 bits per heavy atom. The van der Waals surface area contributed by atoms with Crippen molar-refractivity contribution >= 4 is 0 Å². The van der Waals surface area contributed by atoms with Gasteiger partial charge >= 0.3 is 0 Å². The molecule has 1 N–H and O–H groups in total. The van der Waals surface area contributed by atoms with Crippen molar-refractivity contribution in [2.24, 2.45) is 5.92 Å². The maximum Gasteiger partial charge on any atom is 0.131 e. The maximum absolute atomic E-state index is 10.7. The van der Waals surface area contributed by atoms with Crippen molar-refractivity contribution in [1.29, 1.82) is 0 Å². The number of ether oxygens (including phenoxy) is 2. The molecule has 150 valence electrons. The minimum Gasteiger partial charge on any atom is -0.507 e. The van der Waals surface area contributed by atoms with Gasteiger partial charge in [-0.25, -0.2) is 0 Å². The molecule has 1 aromatic carbocycles. The van der Waals surface area contributed by atoms with Crippen molar-refractivity contribution < 1.29 is 14.6 Å². The second kappa shape index (κ2) is 8.58. The van der Waals surface area contributed by atoms with Crippen molar-refractivity contribution in [2.75, 3.05) is 6.61 Å². The standard InChI is InChI=1S/C24H36O3/c1-5-6-7-8-9-10-13-26-18-15-21(25)23-19-14-17(2)11-12-20(19)24(3,4)27-22(23)16-18/h14-16,19-20,25H,5-13H2,1-4H3. The summed E-state index contributed by atoms with van der Waals surface area (Å²) in [6, 6.07) is 3.74. The zero-order chi connectivity index (χ0) is 19.4. The lowest BCUT2D eigenvalue weighted by molar-refractivity contribution is 0.0105. The zero-order valence-corrected chi connectivity index (χ0v) is 17.5. The predicted molar refractivity (Wildman–Crippen MR) is 111 cm³/mol. The highest BCUT2D eigenvalue weighted by atomic mass is 16.5. The molecule has 3 heteroatoms. The topological polar surface area (TPSA) is 38.7 Å². The van der Waals surface area contributed by atoms with Crippen molar-refractivity contribution in [3.05, 3.63) is 29.3 Å². The molecule has 0 saturated carbocycles. The van der Waals surface area contributed by atoms with Crippen LogP contribution in [0.5, 0.6) is 17.2 Å². The highest BCUT2D eigenvalue weighted by Crippen LogP contribution is 2.54. The molecule has 1 aromatic rings. The normalized spacial score (nSPS) is 23.0. The molecule has 2 atom stereocenters. The summed E-state index contributed by atoms with van der Waals surface area (Å²) in [6.45, 7) is 9.46. The maximum atomic E-state index is 10.7. The molecular weight excluding hydrogens is 336 g/mol. The van der Waals surface area contributed by atoms with Crippen LogP contribution in [0.1, 0.15) is 90.5 Å². The van der Waals surface area contributed by atoms with Gasteiger partial charge in [0.15, 0.2) is 0 Å². The molecule has 0 saturated heterocycles. The van der Waals surface area contributed by atoms with Gasteiger partial charge in [0.05, 0.1) is 6.61 Å². The first kappa shape index (κ1) is 20.1. The van der Waals surface area contributed by atoms with Gasteiger partial charge in [-0.15, -0.1) is 0 Å². The van der Waals surface area contributed by atoms with E-state index in [4.69, 9.17) is 9.47 Å². The van der Waals surface area contributed by atoms with Gasteiger partial charge < -0.3 is 14.6 Å². The number of hydrogen-bond donors (Lipinski definition) is 1. The summed E-state index contributed by atoms with van der Waals surface area (Å²) in [5.74, 6) is 2.43.